The molecule has 1 heterocycles. The summed E-state index contributed by atoms with van der Waals surface area (Å²) < 4.78 is 0. The molecule has 0 atom stereocenters. The summed E-state index contributed by atoms with van der Waals surface area (Å²) in [6.45, 7) is 4.32. The number of Topliss-reactive ketones (excluding diaryl/α,β-unsaturated/α-hetero) is 1. The zero-order chi connectivity index (χ0) is 11.5. The van der Waals surface area contributed by atoms with Crippen LogP contribution >= 0.6 is 11.3 Å². The third-order valence-electron chi connectivity index (χ3n) is 3.78. The molecule has 0 saturated heterocycles. The zero-order valence-corrected chi connectivity index (χ0v) is 11.0. The number of carbonyl (C=O) groups is 1. The van der Waals surface area contributed by atoms with Gasteiger partial charge >= 0.3 is 0 Å². The molecule has 1 aromatic heterocycles. The van der Waals surface area contributed by atoms with E-state index in [0.717, 1.165) is 23.6 Å². The summed E-state index contributed by atoms with van der Waals surface area (Å²) in [6, 6.07) is 4.05. The van der Waals surface area contributed by atoms with E-state index >= 15 is 0 Å². The molecule has 1 nitrogen and oxygen atoms in total. The van der Waals surface area contributed by atoms with Crippen molar-refractivity contribution in [2.24, 2.45) is 11.8 Å². The van der Waals surface area contributed by atoms with E-state index in [4.69, 9.17) is 0 Å². The van der Waals surface area contributed by atoms with Crippen LogP contribution in [0.1, 0.15) is 53.6 Å². The van der Waals surface area contributed by atoms with Crippen molar-refractivity contribution in [2.45, 2.75) is 46.0 Å². The van der Waals surface area contributed by atoms with E-state index in [2.05, 4.69) is 19.9 Å². The van der Waals surface area contributed by atoms with Gasteiger partial charge in [0.2, 0.25) is 0 Å². The lowest BCUT2D eigenvalue weighted by atomic mass is 9.79. The molecule has 0 N–H and O–H groups in total. The lowest BCUT2D eigenvalue weighted by Crippen LogP contribution is -2.21. The monoisotopic (exact) mass is 236 g/mol. The molecule has 1 aliphatic carbocycles. The summed E-state index contributed by atoms with van der Waals surface area (Å²) in [5.74, 6) is 1.57. The van der Waals surface area contributed by atoms with Gasteiger partial charge in [0.1, 0.15) is 0 Å². The summed E-state index contributed by atoms with van der Waals surface area (Å²) >= 11 is 1.65. The third-order valence-corrected chi connectivity index (χ3v) is 4.79. The molecule has 1 fully saturated rings. The smallest absolute Gasteiger partial charge is 0.175 e. The van der Waals surface area contributed by atoms with Crippen LogP contribution in [0.3, 0.4) is 0 Å². The highest BCUT2D eigenvalue weighted by Gasteiger charge is 2.26. The van der Waals surface area contributed by atoms with Crippen LogP contribution in [0.2, 0.25) is 0 Å². The predicted octanol–water partition coefficient (Wildman–Crippen LogP) is 4.46. The van der Waals surface area contributed by atoms with E-state index in [9.17, 15) is 4.79 Å². The predicted molar refractivity (Wildman–Crippen MR) is 69.1 cm³/mol. The zero-order valence-electron chi connectivity index (χ0n) is 10.2. The standard InChI is InChI=1S/C14H20OS/c1-3-11-5-7-12(8-6-11)14(15)13-9-4-10(2)16-13/h4,9,11-12H,3,5-8H2,1-2H3. The molecule has 16 heavy (non-hydrogen) atoms. The fourth-order valence-corrected chi connectivity index (χ4v) is 3.49. The van der Waals surface area contributed by atoms with E-state index in [1.54, 1.807) is 11.3 Å². The molecule has 2 heteroatoms. The van der Waals surface area contributed by atoms with E-state index in [1.165, 1.54) is 24.1 Å². The van der Waals surface area contributed by atoms with E-state index in [1.807, 2.05) is 6.07 Å². The Labute approximate surface area is 102 Å². The van der Waals surface area contributed by atoms with Crippen LogP contribution in [0.15, 0.2) is 12.1 Å². The van der Waals surface area contributed by atoms with Crippen LogP contribution in [-0.2, 0) is 0 Å². The van der Waals surface area contributed by atoms with Gasteiger partial charge in [-0.15, -0.1) is 11.3 Å². The molecule has 0 radical (unpaired) electrons. The van der Waals surface area contributed by atoms with Crippen LogP contribution in [0, 0.1) is 18.8 Å². The summed E-state index contributed by atoms with van der Waals surface area (Å²) in [5, 5.41) is 0. The van der Waals surface area contributed by atoms with Crippen molar-refractivity contribution in [2.75, 3.05) is 0 Å². The van der Waals surface area contributed by atoms with Gasteiger partial charge in [0, 0.05) is 10.8 Å². The van der Waals surface area contributed by atoms with Crippen molar-refractivity contribution in [1.82, 2.24) is 0 Å². The minimum Gasteiger partial charge on any atom is -0.293 e. The van der Waals surface area contributed by atoms with E-state index in [-0.39, 0.29) is 0 Å². The lowest BCUT2D eigenvalue weighted by molar-refractivity contribution is 0.0875. The van der Waals surface area contributed by atoms with Gasteiger partial charge in [0.05, 0.1) is 4.88 Å². The number of carbonyl (C=O) groups excluding carboxylic acids is 1. The minimum absolute atomic E-state index is 0.306. The molecule has 0 bridgehead atoms. The highest BCUT2D eigenvalue weighted by molar-refractivity contribution is 7.14. The average molecular weight is 236 g/mol. The summed E-state index contributed by atoms with van der Waals surface area (Å²) in [4.78, 5) is 14.4. The number of hydrogen-bond acceptors (Lipinski definition) is 2. The summed E-state index contributed by atoms with van der Waals surface area (Å²) in [7, 11) is 0. The van der Waals surface area contributed by atoms with Crippen molar-refractivity contribution >= 4 is 17.1 Å². The molecule has 88 valence electrons. The number of rotatable bonds is 3. The second-order valence-corrected chi connectivity index (χ2v) is 6.19. The molecule has 2 rings (SSSR count). The van der Waals surface area contributed by atoms with Crippen molar-refractivity contribution in [3.05, 3.63) is 21.9 Å². The molecular formula is C14H20OS. The van der Waals surface area contributed by atoms with Gasteiger partial charge in [-0.2, -0.15) is 0 Å². The normalized spacial score (nSPS) is 25.6. The fourth-order valence-electron chi connectivity index (χ4n) is 2.60. The first-order valence-electron chi connectivity index (χ1n) is 6.31. The van der Waals surface area contributed by atoms with Crippen molar-refractivity contribution in [1.29, 1.82) is 0 Å². The molecular weight excluding hydrogens is 216 g/mol. The van der Waals surface area contributed by atoms with Gasteiger partial charge in [0.25, 0.3) is 0 Å². The van der Waals surface area contributed by atoms with Gasteiger partial charge in [-0.3, -0.25) is 4.79 Å². The molecule has 0 spiro atoms. The Kier molecular flexibility index (Phi) is 3.80. The quantitative estimate of drug-likeness (QED) is 0.708. The minimum atomic E-state index is 0.306. The Bertz CT molecular complexity index is 359. The highest BCUT2D eigenvalue weighted by atomic mass is 32.1. The maximum absolute atomic E-state index is 12.2. The van der Waals surface area contributed by atoms with Gasteiger partial charge in [-0.25, -0.2) is 0 Å². The molecule has 0 amide bonds. The SMILES string of the molecule is CCC1CCC(C(=O)c2ccc(C)s2)CC1. The van der Waals surface area contributed by atoms with Gasteiger partial charge in [-0.05, 0) is 50.7 Å². The first-order chi connectivity index (χ1) is 7.70. The van der Waals surface area contributed by atoms with Crippen molar-refractivity contribution < 1.29 is 4.79 Å². The lowest BCUT2D eigenvalue weighted by Gasteiger charge is -2.26. The number of aryl methyl sites for hydroxylation is 1. The van der Waals surface area contributed by atoms with Crippen LogP contribution < -0.4 is 0 Å². The van der Waals surface area contributed by atoms with Crippen molar-refractivity contribution in [3.63, 3.8) is 0 Å². The van der Waals surface area contributed by atoms with Crippen LogP contribution in [0.4, 0.5) is 0 Å². The van der Waals surface area contributed by atoms with Gasteiger partial charge in [-0.1, -0.05) is 13.3 Å². The average Bonchev–Trinajstić information content (AvgIpc) is 2.75. The number of ketones is 1. The summed E-state index contributed by atoms with van der Waals surface area (Å²) in [6.07, 6.45) is 5.98. The van der Waals surface area contributed by atoms with Crippen LogP contribution in [-0.4, -0.2) is 5.78 Å². The topological polar surface area (TPSA) is 17.1 Å². The van der Waals surface area contributed by atoms with Crippen LogP contribution in [0.5, 0.6) is 0 Å². The first kappa shape index (κ1) is 11.8. The Morgan fingerprint density at radius 3 is 2.50 bits per heavy atom. The third kappa shape index (κ3) is 2.54. The second kappa shape index (κ2) is 5.13. The van der Waals surface area contributed by atoms with Gasteiger partial charge < -0.3 is 0 Å². The maximum Gasteiger partial charge on any atom is 0.175 e. The van der Waals surface area contributed by atoms with E-state index < -0.39 is 0 Å². The fraction of sp³-hybridized carbons (Fsp3) is 0.643. The Balaban J connectivity index is 1.96. The number of hydrogen-bond donors (Lipinski definition) is 0. The molecule has 0 aromatic carbocycles. The molecule has 0 aliphatic heterocycles. The Hall–Kier alpha value is -0.630. The molecule has 0 unspecified atom stereocenters. The van der Waals surface area contributed by atoms with Crippen molar-refractivity contribution in [3.8, 4) is 0 Å². The highest BCUT2D eigenvalue weighted by Crippen LogP contribution is 2.33. The number of thiophene rings is 1. The molecule has 1 saturated carbocycles. The van der Waals surface area contributed by atoms with E-state index in [0.29, 0.717) is 11.7 Å². The first-order valence-corrected chi connectivity index (χ1v) is 7.13. The second-order valence-electron chi connectivity index (χ2n) is 4.90. The summed E-state index contributed by atoms with van der Waals surface area (Å²) in [5.41, 5.74) is 0. The maximum atomic E-state index is 12.2. The Morgan fingerprint density at radius 2 is 2.00 bits per heavy atom. The molecule has 1 aliphatic rings. The largest absolute Gasteiger partial charge is 0.293 e. The molecule has 1 aromatic rings. The van der Waals surface area contributed by atoms with Gasteiger partial charge in [0.15, 0.2) is 5.78 Å². The van der Waals surface area contributed by atoms with Crippen LogP contribution in [0.25, 0.3) is 0 Å². The Morgan fingerprint density at radius 1 is 1.31 bits per heavy atom.